The van der Waals surface area contributed by atoms with Crippen molar-refractivity contribution in [1.29, 1.82) is 5.41 Å². The van der Waals surface area contributed by atoms with Crippen molar-refractivity contribution in [2.45, 2.75) is 39.0 Å². The number of carbonyl (C=O) groups excluding carboxylic acids is 2. The third-order valence-corrected chi connectivity index (χ3v) is 3.62. The molecule has 0 saturated heterocycles. The van der Waals surface area contributed by atoms with Crippen molar-refractivity contribution in [1.82, 2.24) is 5.32 Å². The van der Waals surface area contributed by atoms with Gasteiger partial charge in [-0.25, -0.2) is 4.79 Å². The summed E-state index contributed by atoms with van der Waals surface area (Å²) in [5, 5.41) is 9.86. The molecule has 9 heteroatoms. The van der Waals surface area contributed by atoms with Crippen molar-refractivity contribution >= 4 is 41.2 Å². The van der Waals surface area contributed by atoms with Crippen molar-refractivity contribution in [3.05, 3.63) is 33.8 Å². The summed E-state index contributed by atoms with van der Waals surface area (Å²) >= 11 is 11.7. The van der Waals surface area contributed by atoms with E-state index in [9.17, 15) is 9.59 Å². The lowest BCUT2D eigenvalue weighted by Gasteiger charge is -2.06. The Labute approximate surface area is 157 Å². The van der Waals surface area contributed by atoms with Crippen LogP contribution < -0.4 is 16.8 Å². The zero-order valence-electron chi connectivity index (χ0n) is 14.1. The minimum Gasteiger partial charge on any atom is -0.450 e. The van der Waals surface area contributed by atoms with Crippen LogP contribution in [0.25, 0.3) is 0 Å². The van der Waals surface area contributed by atoms with E-state index in [0.29, 0.717) is 22.2 Å². The van der Waals surface area contributed by atoms with E-state index in [2.05, 4.69) is 17.0 Å². The zero-order chi connectivity index (χ0) is 19.2. The van der Waals surface area contributed by atoms with Crippen LogP contribution in [0.3, 0.4) is 0 Å². The lowest BCUT2D eigenvalue weighted by Crippen LogP contribution is -2.36. The van der Waals surface area contributed by atoms with Crippen LogP contribution in [0.15, 0.2) is 18.2 Å². The lowest BCUT2D eigenvalue weighted by molar-refractivity contribution is -0.119. The molecule has 0 aromatic heterocycles. The maximum Gasteiger partial charge on any atom is 0.404 e. The predicted octanol–water partition coefficient (Wildman–Crippen LogP) is 3.21. The van der Waals surface area contributed by atoms with E-state index in [-0.39, 0.29) is 6.42 Å². The number of halogens is 2. The number of benzene rings is 1. The minimum absolute atomic E-state index is 0.00190. The number of rotatable bonds is 7. The first-order valence-electron chi connectivity index (χ1n) is 7.76. The molecule has 2 amide bonds. The molecule has 6 N–H and O–H groups in total. The molecule has 0 atom stereocenters. The molecule has 0 aliphatic heterocycles. The van der Waals surface area contributed by atoms with E-state index in [1.54, 1.807) is 18.2 Å². The molecular formula is C16H24Cl2N4O3. The molecule has 0 unspecified atom stereocenters. The summed E-state index contributed by atoms with van der Waals surface area (Å²) in [6, 6.07) is 4.98. The molecule has 1 aromatic rings. The van der Waals surface area contributed by atoms with E-state index >= 15 is 0 Å². The highest BCUT2D eigenvalue weighted by Gasteiger charge is 2.10. The number of nitrogens with two attached hydrogens (primary N) is 2. The maximum atomic E-state index is 11.3. The Kier molecular flexibility index (Phi) is 12.3. The first kappa shape index (κ1) is 23.0. The van der Waals surface area contributed by atoms with Crippen LogP contribution in [0, 0.1) is 5.41 Å². The largest absolute Gasteiger partial charge is 0.450 e. The van der Waals surface area contributed by atoms with Crippen LogP contribution in [0.1, 0.15) is 38.2 Å². The van der Waals surface area contributed by atoms with Crippen molar-refractivity contribution < 1.29 is 14.3 Å². The minimum atomic E-state index is -0.670. The van der Waals surface area contributed by atoms with Gasteiger partial charge in [0.15, 0.2) is 5.96 Å². The van der Waals surface area contributed by atoms with Gasteiger partial charge < -0.3 is 16.2 Å². The van der Waals surface area contributed by atoms with E-state index < -0.39 is 18.0 Å². The maximum absolute atomic E-state index is 11.3. The number of primary amides is 1. The zero-order valence-corrected chi connectivity index (χ0v) is 15.6. The molecule has 0 aliphatic carbocycles. The lowest BCUT2D eigenvalue weighted by atomic mass is 10.1. The van der Waals surface area contributed by atoms with Gasteiger partial charge in [-0.2, -0.15) is 0 Å². The Balaban J connectivity index is 0.000000504. The summed E-state index contributed by atoms with van der Waals surface area (Å²) in [5.41, 5.74) is 10.3. The molecule has 0 radical (unpaired) electrons. The van der Waals surface area contributed by atoms with Gasteiger partial charge in [-0.15, -0.1) is 0 Å². The second-order valence-corrected chi connectivity index (χ2v) is 5.88. The third-order valence-electron chi connectivity index (χ3n) is 2.92. The molecule has 0 saturated carbocycles. The molecule has 0 spiro atoms. The summed E-state index contributed by atoms with van der Waals surface area (Å²) in [4.78, 5) is 21.3. The van der Waals surface area contributed by atoms with E-state index in [1.165, 1.54) is 12.8 Å². The number of guanidine groups is 1. The standard InChI is InChI=1S/C9H9Cl2N3O.C7H15NO2/c10-6-2-1-3-7(11)5(6)4-8(15)14-9(12)13;1-2-3-4-5-6-10-7(8)9/h1-3H,4H2,(H4,12,13,14,15);2-6H2,1H3,(H2,8,9). The number of hydrogen-bond acceptors (Lipinski definition) is 4. The second kappa shape index (κ2) is 13.3. The monoisotopic (exact) mass is 390 g/mol. The first-order valence-corrected chi connectivity index (χ1v) is 8.52. The average Bonchev–Trinajstić information content (AvgIpc) is 2.50. The fourth-order valence-electron chi connectivity index (χ4n) is 1.76. The summed E-state index contributed by atoms with van der Waals surface area (Å²) in [5.74, 6) is -0.819. The van der Waals surface area contributed by atoms with E-state index in [4.69, 9.17) is 40.1 Å². The van der Waals surface area contributed by atoms with Gasteiger partial charge in [0.05, 0.1) is 13.0 Å². The Bertz CT molecular complexity index is 562. The quantitative estimate of drug-likeness (QED) is 0.323. The SMILES string of the molecule is CCCCCCOC(N)=O.N=C(N)NC(=O)Cc1c(Cl)cccc1Cl. The first-order chi connectivity index (χ1) is 11.8. The van der Waals surface area contributed by atoms with Crippen molar-refractivity contribution in [3.8, 4) is 0 Å². The Morgan fingerprint density at radius 3 is 2.24 bits per heavy atom. The summed E-state index contributed by atoms with van der Waals surface area (Å²) < 4.78 is 4.53. The van der Waals surface area contributed by atoms with Crippen molar-refractivity contribution in [2.24, 2.45) is 11.5 Å². The van der Waals surface area contributed by atoms with Gasteiger partial charge in [0.25, 0.3) is 0 Å². The van der Waals surface area contributed by atoms with Gasteiger partial charge in [-0.3, -0.25) is 15.5 Å². The molecule has 0 aliphatic rings. The molecular weight excluding hydrogens is 367 g/mol. The molecule has 7 nitrogen and oxygen atoms in total. The normalized spacial score (nSPS) is 9.56. The fraction of sp³-hybridized carbons (Fsp3) is 0.438. The van der Waals surface area contributed by atoms with Crippen LogP contribution in [0.2, 0.25) is 10.0 Å². The van der Waals surface area contributed by atoms with Gasteiger partial charge in [0.1, 0.15) is 0 Å². The number of unbranched alkanes of at least 4 members (excludes halogenated alkanes) is 3. The van der Waals surface area contributed by atoms with Crippen LogP contribution in [0.4, 0.5) is 4.79 Å². The van der Waals surface area contributed by atoms with Gasteiger partial charge >= 0.3 is 6.09 Å². The van der Waals surface area contributed by atoms with Gasteiger partial charge in [-0.1, -0.05) is 55.5 Å². The van der Waals surface area contributed by atoms with Gasteiger partial charge in [-0.05, 0) is 24.1 Å². The highest BCUT2D eigenvalue weighted by atomic mass is 35.5. The Hall–Kier alpha value is -1.99. The molecule has 25 heavy (non-hydrogen) atoms. The van der Waals surface area contributed by atoms with Crippen LogP contribution in [-0.2, 0) is 16.0 Å². The van der Waals surface area contributed by atoms with E-state index in [1.807, 2.05) is 0 Å². The number of amides is 2. The van der Waals surface area contributed by atoms with Gasteiger partial charge in [0, 0.05) is 10.0 Å². The molecule has 0 fully saturated rings. The average molecular weight is 391 g/mol. The molecule has 140 valence electrons. The molecule has 1 rings (SSSR count). The highest BCUT2D eigenvalue weighted by Crippen LogP contribution is 2.24. The van der Waals surface area contributed by atoms with Crippen LogP contribution in [-0.4, -0.2) is 24.6 Å². The summed E-state index contributed by atoms with van der Waals surface area (Å²) in [6.45, 7) is 2.60. The van der Waals surface area contributed by atoms with Crippen molar-refractivity contribution in [3.63, 3.8) is 0 Å². The van der Waals surface area contributed by atoms with Crippen molar-refractivity contribution in [2.75, 3.05) is 6.61 Å². The molecule has 1 aromatic carbocycles. The Morgan fingerprint density at radius 1 is 1.16 bits per heavy atom. The third kappa shape index (κ3) is 12.1. The van der Waals surface area contributed by atoms with E-state index in [0.717, 1.165) is 12.8 Å². The number of nitrogens with one attached hydrogen (secondary N) is 2. The molecule has 0 heterocycles. The number of ether oxygens (including phenoxy) is 1. The van der Waals surface area contributed by atoms with Crippen LogP contribution in [0.5, 0.6) is 0 Å². The molecule has 0 bridgehead atoms. The number of carbonyl (C=O) groups is 2. The number of hydrogen-bond donors (Lipinski definition) is 4. The van der Waals surface area contributed by atoms with Crippen LogP contribution >= 0.6 is 23.2 Å². The highest BCUT2D eigenvalue weighted by molar-refractivity contribution is 6.36. The fourth-order valence-corrected chi connectivity index (χ4v) is 2.29. The summed E-state index contributed by atoms with van der Waals surface area (Å²) in [6.07, 6.45) is 3.76. The Morgan fingerprint density at radius 2 is 1.76 bits per heavy atom. The summed E-state index contributed by atoms with van der Waals surface area (Å²) in [7, 11) is 0. The predicted molar refractivity (Wildman–Crippen MR) is 99.9 cm³/mol. The topological polar surface area (TPSA) is 131 Å². The smallest absolute Gasteiger partial charge is 0.404 e. The second-order valence-electron chi connectivity index (χ2n) is 5.07. The van der Waals surface area contributed by atoms with Gasteiger partial charge in [0.2, 0.25) is 5.91 Å².